The van der Waals surface area contributed by atoms with Crippen LogP contribution in [-0.4, -0.2) is 17.3 Å². The van der Waals surface area contributed by atoms with E-state index in [2.05, 4.69) is 71.5 Å². The minimum Gasteiger partial charge on any atom is -0.491 e. The highest BCUT2D eigenvalue weighted by Crippen LogP contribution is 2.53. The lowest BCUT2D eigenvalue weighted by molar-refractivity contribution is 0.357. The SMILES string of the molecule is CC1C=CC2=C(C1)C1=C(CCC=C1)c1ccc3c(c1N2c1ccc(C2=NC=CCC2)nc1)OCC3. The van der Waals surface area contributed by atoms with Crippen LogP contribution in [0, 0.1) is 5.92 Å². The van der Waals surface area contributed by atoms with E-state index in [0.29, 0.717) is 5.92 Å². The molecular weight excluding hydrogens is 430 g/mol. The Bertz CT molecular complexity index is 1400. The van der Waals surface area contributed by atoms with Gasteiger partial charge >= 0.3 is 0 Å². The van der Waals surface area contributed by atoms with Crippen molar-refractivity contribution in [1.29, 1.82) is 0 Å². The molecule has 35 heavy (non-hydrogen) atoms. The van der Waals surface area contributed by atoms with Gasteiger partial charge in [0.1, 0.15) is 5.75 Å². The molecule has 4 heterocycles. The van der Waals surface area contributed by atoms with E-state index in [-0.39, 0.29) is 0 Å². The Labute approximate surface area is 206 Å². The summed E-state index contributed by atoms with van der Waals surface area (Å²) in [5.41, 5.74) is 12.4. The van der Waals surface area contributed by atoms with Gasteiger partial charge in [0, 0.05) is 23.9 Å². The molecule has 1 unspecified atom stereocenters. The highest BCUT2D eigenvalue weighted by Gasteiger charge is 2.34. The molecule has 0 amide bonds. The summed E-state index contributed by atoms with van der Waals surface area (Å²) < 4.78 is 6.33. The number of rotatable bonds is 2. The highest BCUT2D eigenvalue weighted by molar-refractivity contribution is 6.00. The number of ether oxygens (including phenoxy) is 1. The van der Waals surface area contributed by atoms with Gasteiger partial charge in [-0.15, -0.1) is 0 Å². The van der Waals surface area contributed by atoms with Gasteiger partial charge in [-0.25, -0.2) is 0 Å². The molecule has 2 aliphatic carbocycles. The number of pyridine rings is 1. The normalized spacial score (nSPS) is 22.3. The fourth-order valence-electron chi connectivity index (χ4n) is 6.01. The van der Waals surface area contributed by atoms with Gasteiger partial charge in [-0.1, -0.05) is 43.4 Å². The Morgan fingerprint density at radius 1 is 0.971 bits per heavy atom. The molecule has 1 aromatic heterocycles. The minimum atomic E-state index is 0.515. The molecule has 2 aromatic rings. The third-order valence-electron chi connectivity index (χ3n) is 7.72. The first-order valence-corrected chi connectivity index (χ1v) is 12.9. The van der Waals surface area contributed by atoms with E-state index in [0.717, 1.165) is 68.0 Å². The van der Waals surface area contributed by atoms with Crippen molar-refractivity contribution >= 4 is 22.7 Å². The van der Waals surface area contributed by atoms with Gasteiger partial charge < -0.3 is 9.64 Å². The third kappa shape index (κ3) is 3.35. The molecule has 0 radical (unpaired) electrons. The summed E-state index contributed by atoms with van der Waals surface area (Å²) in [6, 6.07) is 8.95. The van der Waals surface area contributed by atoms with Gasteiger partial charge in [0.25, 0.3) is 0 Å². The van der Waals surface area contributed by atoms with Gasteiger partial charge in [0.2, 0.25) is 0 Å². The molecule has 7 rings (SSSR count). The van der Waals surface area contributed by atoms with Crippen LogP contribution in [0.3, 0.4) is 0 Å². The average molecular weight is 460 g/mol. The van der Waals surface area contributed by atoms with Crippen molar-refractivity contribution in [3.05, 3.63) is 101 Å². The summed E-state index contributed by atoms with van der Waals surface area (Å²) in [7, 11) is 0. The number of anilines is 2. The fraction of sp³-hybridized carbons (Fsp3) is 0.290. The van der Waals surface area contributed by atoms with Crippen LogP contribution in [-0.2, 0) is 6.42 Å². The number of fused-ring (bicyclic) bond motifs is 5. The molecule has 0 saturated heterocycles. The van der Waals surface area contributed by atoms with Crippen molar-refractivity contribution in [2.75, 3.05) is 11.5 Å². The number of hydrogen-bond acceptors (Lipinski definition) is 4. The highest BCUT2D eigenvalue weighted by atomic mass is 16.5. The maximum atomic E-state index is 6.33. The van der Waals surface area contributed by atoms with Gasteiger partial charge in [0.15, 0.2) is 0 Å². The van der Waals surface area contributed by atoms with Crippen molar-refractivity contribution < 1.29 is 4.74 Å². The van der Waals surface area contributed by atoms with Gasteiger partial charge in [0.05, 0.1) is 35.6 Å². The lowest BCUT2D eigenvalue weighted by Gasteiger charge is -2.31. The van der Waals surface area contributed by atoms with Crippen LogP contribution in [0.4, 0.5) is 11.4 Å². The smallest absolute Gasteiger partial charge is 0.147 e. The second-order valence-corrected chi connectivity index (χ2v) is 10.0. The minimum absolute atomic E-state index is 0.515. The molecule has 174 valence electrons. The number of benzene rings is 1. The standard InChI is InChI=1S/C31H29N3O/c1-20-9-14-29-26(18-20)24-7-3-2-6-23(24)25-12-10-21-15-17-35-31(21)30(25)34(29)22-11-13-28(33-19-22)27-8-4-5-16-32-27/h3,5,7,9-14,16,19-20H,2,4,6,8,15,17-18H2,1H3. The van der Waals surface area contributed by atoms with E-state index in [4.69, 9.17) is 9.72 Å². The van der Waals surface area contributed by atoms with E-state index in [1.165, 1.54) is 39.2 Å². The monoisotopic (exact) mass is 459 g/mol. The van der Waals surface area contributed by atoms with Crippen LogP contribution < -0.4 is 9.64 Å². The molecule has 4 nitrogen and oxygen atoms in total. The van der Waals surface area contributed by atoms with Crippen molar-refractivity contribution in [2.24, 2.45) is 10.9 Å². The lowest BCUT2D eigenvalue weighted by Crippen LogP contribution is -2.21. The molecule has 0 bridgehead atoms. The van der Waals surface area contributed by atoms with E-state index < -0.39 is 0 Å². The topological polar surface area (TPSA) is 37.7 Å². The number of allylic oxidation sites excluding steroid dienone is 8. The Morgan fingerprint density at radius 3 is 2.77 bits per heavy atom. The van der Waals surface area contributed by atoms with Crippen molar-refractivity contribution in [3.8, 4) is 5.75 Å². The van der Waals surface area contributed by atoms with E-state index in [1.54, 1.807) is 0 Å². The van der Waals surface area contributed by atoms with Crippen LogP contribution >= 0.6 is 0 Å². The summed E-state index contributed by atoms with van der Waals surface area (Å²) in [6.07, 6.45) is 21.5. The lowest BCUT2D eigenvalue weighted by atomic mass is 9.82. The van der Waals surface area contributed by atoms with E-state index in [1.807, 2.05) is 12.4 Å². The molecule has 5 aliphatic rings. The molecule has 3 aliphatic heterocycles. The molecule has 4 heteroatoms. The van der Waals surface area contributed by atoms with Crippen LogP contribution in [0.15, 0.2) is 88.9 Å². The van der Waals surface area contributed by atoms with Crippen LogP contribution in [0.25, 0.3) is 5.57 Å². The largest absolute Gasteiger partial charge is 0.491 e. The van der Waals surface area contributed by atoms with Crippen molar-refractivity contribution in [2.45, 2.75) is 45.4 Å². The molecule has 1 atom stereocenters. The quantitative estimate of drug-likeness (QED) is 0.476. The van der Waals surface area contributed by atoms with Gasteiger partial charge in [-0.05, 0) is 78.5 Å². The molecule has 0 spiro atoms. The Hall–Kier alpha value is -3.66. The van der Waals surface area contributed by atoms with Crippen molar-refractivity contribution in [3.63, 3.8) is 0 Å². The maximum absolute atomic E-state index is 6.33. The first-order valence-electron chi connectivity index (χ1n) is 12.9. The van der Waals surface area contributed by atoms with Crippen LogP contribution in [0.1, 0.15) is 55.8 Å². The van der Waals surface area contributed by atoms with E-state index >= 15 is 0 Å². The second kappa shape index (κ2) is 8.23. The number of aliphatic imine (C=N–C) groups is 1. The zero-order chi connectivity index (χ0) is 23.4. The van der Waals surface area contributed by atoms with Gasteiger partial charge in [-0.3, -0.25) is 9.98 Å². The summed E-state index contributed by atoms with van der Waals surface area (Å²) in [4.78, 5) is 11.9. The first kappa shape index (κ1) is 20.7. The number of aromatic nitrogens is 1. The summed E-state index contributed by atoms with van der Waals surface area (Å²) in [5, 5.41) is 0. The predicted molar refractivity (Wildman–Crippen MR) is 142 cm³/mol. The Morgan fingerprint density at radius 2 is 1.91 bits per heavy atom. The molecule has 0 saturated carbocycles. The Balaban J connectivity index is 1.46. The van der Waals surface area contributed by atoms with Crippen molar-refractivity contribution in [1.82, 2.24) is 4.98 Å². The Kier molecular flexibility index (Phi) is 4.86. The van der Waals surface area contributed by atoms with Gasteiger partial charge in [-0.2, -0.15) is 0 Å². The second-order valence-electron chi connectivity index (χ2n) is 10.0. The summed E-state index contributed by atoms with van der Waals surface area (Å²) in [5.74, 6) is 1.55. The average Bonchev–Trinajstić information content (AvgIpc) is 3.36. The van der Waals surface area contributed by atoms with Crippen LogP contribution in [0.5, 0.6) is 5.75 Å². The summed E-state index contributed by atoms with van der Waals surface area (Å²) >= 11 is 0. The number of nitrogens with zero attached hydrogens (tertiary/aromatic N) is 3. The zero-order valence-electron chi connectivity index (χ0n) is 20.1. The molecule has 1 aromatic carbocycles. The molecule has 0 N–H and O–H groups in total. The maximum Gasteiger partial charge on any atom is 0.147 e. The first-order chi connectivity index (χ1) is 17.3. The van der Waals surface area contributed by atoms with E-state index in [9.17, 15) is 0 Å². The molecular formula is C31H29N3O. The zero-order valence-corrected chi connectivity index (χ0v) is 20.1. The van der Waals surface area contributed by atoms with Crippen LogP contribution in [0.2, 0.25) is 0 Å². The summed E-state index contributed by atoms with van der Waals surface area (Å²) in [6.45, 7) is 3.06. The number of hydrogen-bond donors (Lipinski definition) is 0. The predicted octanol–water partition coefficient (Wildman–Crippen LogP) is 7.22. The molecule has 0 fully saturated rings. The third-order valence-corrected chi connectivity index (χ3v) is 7.72. The fourth-order valence-corrected chi connectivity index (χ4v) is 6.01.